The third kappa shape index (κ3) is 4.59. The average molecular weight is 433 g/mol. The lowest BCUT2D eigenvalue weighted by Crippen LogP contribution is -2.49. The number of hydrogen-bond acceptors (Lipinski definition) is 3. The van der Waals surface area contributed by atoms with Crippen LogP contribution in [0.2, 0.25) is 0 Å². The molecule has 1 saturated carbocycles. The molecular weight excluding hydrogens is 400 g/mol. The number of carbonyl (C=O) groups excluding carboxylic acids is 2. The Morgan fingerprint density at radius 1 is 0.812 bits per heavy atom. The van der Waals surface area contributed by atoms with Gasteiger partial charge in [0.1, 0.15) is 0 Å². The quantitative estimate of drug-likeness (QED) is 0.776. The Hall–Kier alpha value is -3.02. The van der Waals surface area contributed by atoms with E-state index in [9.17, 15) is 9.59 Å². The molecule has 1 aliphatic carbocycles. The summed E-state index contributed by atoms with van der Waals surface area (Å²) in [5.74, 6) is 0.941. The molecule has 3 aliphatic rings. The molecule has 2 heterocycles. The average Bonchev–Trinajstić information content (AvgIpc) is 3.49. The van der Waals surface area contributed by atoms with Crippen LogP contribution in [0.3, 0.4) is 0 Å². The summed E-state index contributed by atoms with van der Waals surface area (Å²) in [5, 5.41) is 3.02. The fraction of sp³-hybridized carbons (Fsp3) is 0.462. The molecule has 0 unspecified atom stereocenters. The molecule has 1 N–H and O–H groups in total. The van der Waals surface area contributed by atoms with Crippen LogP contribution in [0, 0.1) is 5.92 Å². The van der Waals surface area contributed by atoms with Gasteiger partial charge in [-0.25, -0.2) is 4.79 Å². The zero-order chi connectivity index (χ0) is 21.9. The van der Waals surface area contributed by atoms with Crippen molar-refractivity contribution in [2.75, 3.05) is 36.4 Å². The normalized spacial score (nSPS) is 18.7. The molecule has 1 saturated heterocycles. The number of amides is 3. The summed E-state index contributed by atoms with van der Waals surface area (Å²) in [5.41, 5.74) is 4.39. The van der Waals surface area contributed by atoms with Gasteiger partial charge in [0.05, 0.1) is 0 Å². The van der Waals surface area contributed by atoms with Crippen LogP contribution in [0.5, 0.6) is 0 Å². The number of nitrogens with one attached hydrogen (secondary N) is 1. The van der Waals surface area contributed by atoms with Crippen molar-refractivity contribution in [3.05, 3.63) is 59.7 Å². The summed E-state index contributed by atoms with van der Waals surface area (Å²) >= 11 is 0. The first kappa shape index (κ1) is 20.9. The van der Waals surface area contributed by atoms with E-state index in [0.29, 0.717) is 24.9 Å². The highest BCUT2D eigenvalue weighted by atomic mass is 16.2. The maximum atomic E-state index is 12.7. The number of hydrogen-bond donors (Lipinski definition) is 1. The summed E-state index contributed by atoms with van der Waals surface area (Å²) in [7, 11) is 0. The highest BCUT2D eigenvalue weighted by molar-refractivity contribution is 5.90. The van der Waals surface area contributed by atoms with Crippen molar-refractivity contribution >= 4 is 23.3 Å². The van der Waals surface area contributed by atoms with Crippen LogP contribution < -0.4 is 10.2 Å². The third-order valence-corrected chi connectivity index (χ3v) is 7.18. The number of anilines is 2. The molecule has 5 rings (SSSR count). The number of fused-ring (bicyclic) bond motifs is 1. The first-order chi connectivity index (χ1) is 15.7. The van der Waals surface area contributed by atoms with Gasteiger partial charge in [-0.2, -0.15) is 0 Å². The lowest BCUT2D eigenvalue weighted by atomic mass is 10.0. The number of piperazine rings is 1. The smallest absolute Gasteiger partial charge is 0.322 e. The summed E-state index contributed by atoms with van der Waals surface area (Å²) < 4.78 is 0. The number of rotatable bonds is 4. The molecule has 3 amide bonds. The van der Waals surface area contributed by atoms with Crippen molar-refractivity contribution in [2.24, 2.45) is 5.92 Å². The van der Waals surface area contributed by atoms with Gasteiger partial charge in [-0.3, -0.25) is 4.79 Å². The van der Waals surface area contributed by atoms with E-state index in [1.165, 1.54) is 36.8 Å². The van der Waals surface area contributed by atoms with Gasteiger partial charge in [0.2, 0.25) is 5.91 Å². The van der Waals surface area contributed by atoms with Crippen molar-refractivity contribution in [1.82, 2.24) is 9.80 Å². The molecule has 2 aliphatic heterocycles. The Kier molecular flexibility index (Phi) is 6.02. The molecule has 32 heavy (non-hydrogen) atoms. The largest absolute Gasteiger partial charge is 0.368 e. The second kappa shape index (κ2) is 9.23. The predicted molar refractivity (Wildman–Crippen MR) is 127 cm³/mol. The molecule has 2 aromatic rings. The highest BCUT2D eigenvalue weighted by Gasteiger charge is 2.26. The van der Waals surface area contributed by atoms with Crippen LogP contribution >= 0.6 is 0 Å². The first-order valence-corrected chi connectivity index (χ1v) is 11.9. The van der Waals surface area contributed by atoms with Crippen LogP contribution in [0.4, 0.5) is 16.2 Å². The van der Waals surface area contributed by atoms with Gasteiger partial charge >= 0.3 is 6.03 Å². The van der Waals surface area contributed by atoms with Crippen molar-refractivity contribution in [3.8, 4) is 0 Å². The standard InChI is InChI=1S/C26H32N4O2/c31-25(17-20-5-1-2-6-20)29-15-13-28(14-16-29)24-11-9-23(10-12-24)27-26(32)30-18-21-7-3-4-8-22(21)19-30/h3-4,7-12,20H,1-2,5-6,13-19H2,(H,27,32). The number of nitrogens with zero attached hydrogens (tertiary/aromatic N) is 3. The topological polar surface area (TPSA) is 55.9 Å². The fourth-order valence-corrected chi connectivity index (χ4v) is 5.24. The summed E-state index contributed by atoms with van der Waals surface area (Å²) in [4.78, 5) is 31.4. The van der Waals surface area contributed by atoms with E-state index < -0.39 is 0 Å². The maximum absolute atomic E-state index is 12.7. The van der Waals surface area contributed by atoms with Crippen molar-refractivity contribution in [1.29, 1.82) is 0 Å². The van der Waals surface area contributed by atoms with Crippen molar-refractivity contribution < 1.29 is 9.59 Å². The predicted octanol–water partition coefficient (Wildman–Crippen LogP) is 4.46. The zero-order valence-corrected chi connectivity index (χ0v) is 18.6. The Labute approximate surface area is 190 Å². The number of benzene rings is 2. The van der Waals surface area contributed by atoms with E-state index >= 15 is 0 Å². The van der Waals surface area contributed by atoms with Crippen molar-refractivity contribution in [2.45, 2.75) is 45.2 Å². The third-order valence-electron chi connectivity index (χ3n) is 7.18. The molecule has 0 radical (unpaired) electrons. The summed E-state index contributed by atoms with van der Waals surface area (Å²) in [6.07, 6.45) is 5.75. The highest BCUT2D eigenvalue weighted by Crippen LogP contribution is 2.29. The Morgan fingerprint density at radius 3 is 2.06 bits per heavy atom. The Morgan fingerprint density at radius 2 is 1.44 bits per heavy atom. The Bertz CT molecular complexity index is 935. The van der Waals surface area contributed by atoms with E-state index in [0.717, 1.165) is 44.0 Å². The van der Waals surface area contributed by atoms with Gasteiger partial charge in [0.15, 0.2) is 0 Å². The Balaban J connectivity index is 1.10. The van der Waals surface area contributed by atoms with E-state index in [1.54, 1.807) is 0 Å². The molecule has 0 bridgehead atoms. The summed E-state index contributed by atoms with van der Waals surface area (Å²) in [6.45, 7) is 4.61. The first-order valence-electron chi connectivity index (χ1n) is 11.9. The molecule has 0 aromatic heterocycles. The van der Waals surface area contributed by atoms with Gasteiger partial charge in [-0.05, 0) is 54.2 Å². The van der Waals surface area contributed by atoms with Gasteiger partial charge in [-0.1, -0.05) is 37.1 Å². The van der Waals surface area contributed by atoms with Crippen LogP contribution in [-0.4, -0.2) is 47.9 Å². The fourth-order valence-electron chi connectivity index (χ4n) is 5.24. The molecule has 0 atom stereocenters. The van der Waals surface area contributed by atoms with Gasteiger partial charge in [0, 0.05) is 57.1 Å². The number of urea groups is 1. The molecule has 6 heteroatoms. The molecule has 2 aromatic carbocycles. The maximum Gasteiger partial charge on any atom is 0.322 e. The van der Waals surface area contributed by atoms with E-state index in [1.807, 2.05) is 34.1 Å². The molecule has 168 valence electrons. The van der Waals surface area contributed by atoms with Crippen LogP contribution in [0.15, 0.2) is 48.5 Å². The minimum absolute atomic E-state index is 0.0664. The van der Waals surface area contributed by atoms with Crippen LogP contribution in [0.1, 0.15) is 43.2 Å². The minimum Gasteiger partial charge on any atom is -0.368 e. The van der Waals surface area contributed by atoms with E-state index in [4.69, 9.17) is 0 Å². The molecular formula is C26H32N4O2. The molecule has 6 nitrogen and oxygen atoms in total. The van der Waals surface area contributed by atoms with Gasteiger partial charge in [-0.15, -0.1) is 0 Å². The SMILES string of the molecule is O=C(CC1CCCC1)N1CCN(c2ccc(NC(=O)N3Cc4ccccc4C3)cc2)CC1. The van der Waals surface area contributed by atoms with Crippen LogP contribution in [-0.2, 0) is 17.9 Å². The molecule has 2 fully saturated rings. The lowest BCUT2D eigenvalue weighted by Gasteiger charge is -2.36. The monoisotopic (exact) mass is 432 g/mol. The minimum atomic E-state index is -0.0664. The van der Waals surface area contributed by atoms with E-state index in [2.05, 4.69) is 34.5 Å². The van der Waals surface area contributed by atoms with Crippen LogP contribution in [0.25, 0.3) is 0 Å². The van der Waals surface area contributed by atoms with E-state index in [-0.39, 0.29) is 6.03 Å². The molecule has 0 spiro atoms. The lowest BCUT2D eigenvalue weighted by molar-refractivity contribution is -0.132. The van der Waals surface area contributed by atoms with Gasteiger partial charge < -0.3 is 20.0 Å². The van der Waals surface area contributed by atoms with Gasteiger partial charge in [0.25, 0.3) is 0 Å². The van der Waals surface area contributed by atoms with Crippen molar-refractivity contribution in [3.63, 3.8) is 0 Å². The second-order valence-corrected chi connectivity index (χ2v) is 9.32. The second-order valence-electron chi connectivity index (χ2n) is 9.32. The number of carbonyl (C=O) groups is 2. The summed E-state index contributed by atoms with van der Waals surface area (Å²) in [6, 6.07) is 16.2. The zero-order valence-electron chi connectivity index (χ0n) is 18.6.